The van der Waals surface area contributed by atoms with E-state index < -0.39 is 0 Å². The third-order valence-electron chi connectivity index (χ3n) is 5.53. The first-order chi connectivity index (χ1) is 13.0. The van der Waals surface area contributed by atoms with Crippen LogP contribution in [0.2, 0.25) is 0 Å². The lowest BCUT2D eigenvalue weighted by molar-refractivity contribution is 0.101. The molecular formula is C22H24N2O3. The van der Waals surface area contributed by atoms with Gasteiger partial charge in [0, 0.05) is 25.0 Å². The van der Waals surface area contributed by atoms with Gasteiger partial charge in [-0.05, 0) is 68.6 Å². The zero-order valence-corrected chi connectivity index (χ0v) is 15.7. The van der Waals surface area contributed by atoms with Crippen molar-refractivity contribution in [1.82, 2.24) is 9.88 Å². The van der Waals surface area contributed by atoms with E-state index in [1.807, 2.05) is 19.1 Å². The summed E-state index contributed by atoms with van der Waals surface area (Å²) in [5.74, 6) is 0.864. The summed E-state index contributed by atoms with van der Waals surface area (Å²) in [7, 11) is 0. The Morgan fingerprint density at radius 3 is 2.85 bits per heavy atom. The SMILES string of the molecule is Cc1cc(O)c(CN2CCCC[C@H]2C)c2c1C(=O)/C(=C/c1ccncc1)O2. The van der Waals surface area contributed by atoms with Crippen LogP contribution in [0.4, 0.5) is 0 Å². The van der Waals surface area contributed by atoms with Crippen molar-refractivity contribution in [3.63, 3.8) is 0 Å². The molecule has 2 aromatic rings. The molecule has 5 heteroatoms. The van der Waals surface area contributed by atoms with Gasteiger partial charge in [-0.15, -0.1) is 0 Å². The Bertz CT molecular complexity index is 906. The normalized spacial score (nSPS) is 21.3. The summed E-state index contributed by atoms with van der Waals surface area (Å²) in [4.78, 5) is 19.3. The molecule has 1 fully saturated rings. The minimum atomic E-state index is -0.132. The van der Waals surface area contributed by atoms with Crippen LogP contribution in [0.5, 0.6) is 11.5 Å². The zero-order chi connectivity index (χ0) is 19.0. The molecule has 27 heavy (non-hydrogen) atoms. The highest BCUT2D eigenvalue weighted by Crippen LogP contribution is 2.42. The number of Topliss-reactive ketones (excluding diaryl/α,β-unsaturated/α-hetero) is 1. The number of aromatic nitrogens is 1. The molecule has 4 rings (SSSR count). The van der Waals surface area contributed by atoms with E-state index in [0.29, 0.717) is 29.5 Å². The molecule has 1 aromatic carbocycles. The Morgan fingerprint density at radius 1 is 1.33 bits per heavy atom. The second-order valence-corrected chi connectivity index (χ2v) is 7.43. The van der Waals surface area contributed by atoms with Crippen molar-refractivity contribution < 1.29 is 14.6 Å². The molecule has 1 saturated heterocycles. The van der Waals surface area contributed by atoms with Crippen molar-refractivity contribution in [2.75, 3.05) is 6.54 Å². The number of piperidine rings is 1. The lowest BCUT2D eigenvalue weighted by Gasteiger charge is -2.33. The van der Waals surface area contributed by atoms with Gasteiger partial charge < -0.3 is 9.84 Å². The van der Waals surface area contributed by atoms with Crippen LogP contribution in [0.3, 0.4) is 0 Å². The fourth-order valence-electron chi connectivity index (χ4n) is 3.94. The number of aromatic hydroxyl groups is 1. The first-order valence-corrected chi connectivity index (χ1v) is 9.48. The minimum absolute atomic E-state index is 0.132. The fraction of sp³-hybridized carbons (Fsp3) is 0.364. The lowest BCUT2D eigenvalue weighted by atomic mass is 9.97. The summed E-state index contributed by atoms with van der Waals surface area (Å²) in [5.41, 5.74) is 2.86. The molecule has 0 radical (unpaired) electrons. The molecule has 0 amide bonds. The minimum Gasteiger partial charge on any atom is -0.507 e. The van der Waals surface area contributed by atoms with Crippen LogP contribution in [0, 0.1) is 6.92 Å². The van der Waals surface area contributed by atoms with Crippen LogP contribution in [0.15, 0.2) is 36.4 Å². The molecule has 1 N–H and O–H groups in total. The van der Waals surface area contributed by atoms with Gasteiger partial charge in [-0.1, -0.05) is 6.42 Å². The predicted molar refractivity (Wildman–Crippen MR) is 104 cm³/mol. The highest BCUT2D eigenvalue weighted by Gasteiger charge is 2.34. The number of pyridine rings is 1. The number of carbonyl (C=O) groups is 1. The number of aryl methyl sites for hydroxylation is 1. The van der Waals surface area contributed by atoms with E-state index in [1.54, 1.807) is 24.5 Å². The molecule has 2 aliphatic rings. The first-order valence-electron chi connectivity index (χ1n) is 9.48. The predicted octanol–water partition coefficient (Wildman–Crippen LogP) is 4.09. The molecule has 140 valence electrons. The number of benzene rings is 1. The van der Waals surface area contributed by atoms with E-state index in [0.717, 1.165) is 30.5 Å². The number of ether oxygens (including phenoxy) is 1. The number of hydrogen-bond acceptors (Lipinski definition) is 5. The standard InChI is InChI=1S/C22H24N2O3/c1-14-11-18(25)17(13-24-10-4-3-5-15(24)2)22-20(14)21(26)19(27-22)12-16-6-8-23-9-7-16/h6-9,11-12,15,25H,3-5,10,13H2,1-2H3/b19-12-/t15-/m1/s1. The summed E-state index contributed by atoms with van der Waals surface area (Å²) < 4.78 is 6.00. The van der Waals surface area contributed by atoms with Crippen LogP contribution in [0.1, 0.15) is 53.2 Å². The Kier molecular flexibility index (Phi) is 4.70. The second-order valence-electron chi connectivity index (χ2n) is 7.43. The van der Waals surface area contributed by atoms with Crippen molar-refractivity contribution in [1.29, 1.82) is 0 Å². The summed E-state index contributed by atoms with van der Waals surface area (Å²) in [5, 5.41) is 10.6. The van der Waals surface area contributed by atoms with Crippen molar-refractivity contribution in [3.05, 3.63) is 58.6 Å². The number of ketones is 1. The van der Waals surface area contributed by atoms with Gasteiger partial charge in [0.1, 0.15) is 11.5 Å². The van der Waals surface area contributed by atoms with Crippen LogP contribution in [-0.2, 0) is 6.54 Å². The maximum Gasteiger partial charge on any atom is 0.232 e. The highest BCUT2D eigenvalue weighted by molar-refractivity contribution is 6.15. The smallest absolute Gasteiger partial charge is 0.232 e. The third kappa shape index (κ3) is 3.35. The van der Waals surface area contributed by atoms with Gasteiger partial charge in [-0.3, -0.25) is 14.7 Å². The Labute approximate surface area is 159 Å². The lowest BCUT2D eigenvalue weighted by Crippen LogP contribution is -2.36. The van der Waals surface area contributed by atoms with Crippen LogP contribution in [0.25, 0.3) is 6.08 Å². The summed E-state index contributed by atoms with van der Waals surface area (Å²) in [6, 6.07) is 5.79. The van der Waals surface area contributed by atoms with E-state index in [2.05, 4.69) is 16.8 Å². The number of allylic oxidation sites excluding steroid dienone is 1. The molecular weight excluding hydrogens is 340 g/mol. The largest absolute Gasteiger partial charge is 0.507 e. The Balaban J connectivity index is 1.71. The molecule has 0 bridgehead atoms. The highest BCUT2D eigenvalue weighted by atomic mass is 16.5. The van der Waals surface area contributed by atoms with Crippen molar-refractivity contribution in [3.8, 4) is 11.5 Å². The first kappa shape index (κ1) is 17.7. The van der Waals surface area contributed by atoms with Crippen molar-refractivity contribution >= 4 is 11.9 Å². The Hall–Kier alpha value is -2.66. The quantitative estimate of drug-likeness (QED) is 0.831. The van der Waals surface area contributed by atoms with Gasteiger partial charge in [-0.25, -0.2) is 0 Å². The molecule has 0 spiro atoms. The van der Waals surface area contributed by atoms with E-state index in [4.69, 9.17) is 4.74 Å². The number of phenols is 1. The number of nitrogens with zero attached hydrogens (tertiary/aromatic N) is 2. The van der Waals surface area contributed by atoms with Crippen molar-refractivity contribution in [2.24, 2.45) is 0 Å². The van der Waals surface area contributed by atoms with Crippen molar-refractivity contribution in [2.45, 2.75) is 45.7 Å². The van der Waals surface area contributed by atoms with Gasteiger partial charge in [0.15, 0.2) is 5.76 Å². The van der Waals surface area contributed by atoms with Crippen LogP contribution >= 0.6 is 0 Å². The number of fused-ring (bicyclic) bond motifs is 1. The van der Waals surface area contributed by atoms with E-state index in [9.17, 15) is 9.90 Å². The third-order valence-corrected chi connectivity index (χ3v) is 5.53. The van der Waals surface area contributed by atoms with Crippen LogP contribution < -0.4 is 4.74 Å². The number of phenolic OH excluding ortho intramolecular Hbond substituents is 1. The van der Waals surface area contributed by atoms with E-state index >= 15 is 0 Å². The number of likely N-dealkylation sites (tertiary alicyclic amines) is 1. The molecule has 3 heterocycles. The topological polar surface area (TPSA) is 62.7 Å². The monoisotopic (exact) mass is 364 g/mol. The number of rotatable bonds is 3. The molecule has 0 saturated carbocycles. The maximum atomic E-state index is 12.9. The van der Waals surface area contributed by atoms with Gasteiger partial charge >= 0.3 is 0 Å². The van der Waals surface area contributed by atoms with E-state index in [-0.39, 0.29) is 17.3 Å². The van der Waals surface area contributed by atoms with Gasteiger partial charge in [0.25, 0.3) is 0 Å². The summed E-state index contributed by atoms with van der Waals surface area (Å²) in [6.07, 6.45) is 8.64. The van der Waals surface area contributed by atoms with E-state index in [1.165, 1.54) is 6.42 Å². The average molecular weight is 364 g/mol. The number of carbonyl (C=O) groups excluding carboxylic acids is 1. The maximum absolute atomic E-state index is 12.9. The summed E-state index contributed by atoms with van der Waals surface area (Å²) >= 11 is 0. The second kappa shape index (κ2) is 7.16. The molecule has 0 aliphatic carbocycles. The van der Waals surface area contributed by atoms with Gasteiger partial charge in [0.05, 0.1) is 11.1 Å². The van der Waals surface area contributed by atoms with Gasteiger partial charge in [0.2, 0.25) is 5.78 Å². The molecule has 0 unspecified atom stereocenters. The van der Waals surface area contributed by atoms with Crippen LogP contribution in [-0.4, -0.2) is 33.4 Å². The van der Waals surface area contributed by atoms with Gasteiger partial charge in [-0.2, -0.15) is 0 Å². The summed E-state index contributed by atoms with van der Waals surface area (Å²) in [6.45, 7) is 5.64. The molecule has 1 aromatic heterocycles. The number of hydrogen-bond donors (Lipinski definition) is 1. The zero-order valence-electron chi connectivity index (χ0n) is 15.7. The fourth-order valence-corrected chi connectivity index (χ4v) is 3.94. The average Bonchev–Trinajstić information content (AvgIpc) is 2.97. The molecule has 5 nitrogen and oxygen atoms in total. The molecule has 2 aliphatic heterocycles. The molecule has 1 atom stereocenters. The Morgan fingerprint density at radius 2 is 2.11 bits per heavy atom.